The monoisotopic (exact) mass is 446 g/mol. The molecule has 0 spiro atoms. The maximum absolute atomic E-state index is 13.0. The number of rotatable bonds is 7. The first kappa shape index (κ1) is 22.7. The third kappa shape index (κ3) is 5.41. The molecular weight excluding hydrogens is 420 g/mol. The number of halogens is 1. The fourth-order valence-electron chi connectivity index (χ4n) is 3.67. The van der Waals surface area contributed by atoms with Crippen LogP contribution in [0, 0.1) is 5.92 Å². The van der Waals surface area contributed by atoms with Gasteiger partial charge in [0, 0.05) is 36.1 Å². The van der Waals surface area contributed by atoms with Gasteiger partial charge < -0.3 is 24.4 Å². The lowest BCUT2D eigenvalue weighted by atomic mass is 9.95. The second kappa shape index (κ2) is 10.4. The van der Waals surface area contributed by atoms with Gasteiger partial charge in [0.05, 0.1) is 21.3 Å². The highest BCUT2D eigenvalue weighted by molar-refractivity contribution is 6.30. The second-order valence-corrected chi connectivity index (χ2v) is 7.76. The zero-order valence-corrected chi connectivity index (χ0v) is 18.7. The molecule has 2 amide bonds. The first-order valence-electron chi connectivity index (χ1n) is 10.1. The van der Waals surface area contributed by atoms with E-state index in [2.05, 4.69) is 5.32 Å². The lowest BCUT2D eigenvalue weighted by Crippen LogP contribution is -2.42. The number of benzene rings is 2. The highest BCUT2D eigenvalue weighted by Crippen LogP contribution is 2.38. The zero-order valence-electron chi connectivity index (χ0n) is 17.9. The van der Waals surface area contributed by atoms with Gasteiger partial charge in [0.2, 0.25) is 11.7 Å². The van der Waals surface area contributed by atoms with Crippen LogP contribution in [0.1, 0.15) is 28.8 Å². The van der Waals surface area contributed by atoms with E-state index in [1.165, 1.54) is 21.3 Å². The van der Waals surface area contributed by atoms with Crippen molar-refractivity contribution in [1.82, 2.24) is 10.2 Å². The molecule has 0 atom stereocenters. The Morgan fingerprint density at radius 2 is 1.58 bits per heavy atom. The van der Waals surface area contributed by atoms with E-state index in [0.717, 1.165) is 5.56 Å². The smallest absolute Gasteiger partial charge is 0.254 e. The highest BCUT2D eigenvalue weighted by Gasteiger charge is 2.28. The van der Waals surface area contributed by atoms with Crippen LogP contribution in [0.3, 0.4) is 0 Å². The Morgan fingerprint density at radius 1 is 1.00 bits per heavy atom. The molecule has 1 heterocycles. The molecule has 31 heavy (non-hydrogen) atoms. The van der Waals surface area contributed by atoms with Crippen LogP contribution in [0.15, 0.2) is 36.4 Å². The number of nitrogens with zero attached hydrogens (tertiary/aromatic N) is 1. The molecule has 2 aromatic carbocycles. The first-order chi connectivity index (χ1) is 15.0. The molecule has 8 heteroatoms. The minimum atomic E-state index is -0.126. The van der Waals surface area contributed by atoms with Crippen LogP contribution in [0.4, 0.5) is 0 Å². The molecule has 0 radical (unpaired) electrons. The summed E-state index contributed by atoms with van der Waals surface area (Å²) in [5.41, 5.74) is 1.45. The number of ether oxygens (including phenoxy) is 3. The van der Waals surface area contributed by atoms with Gasteiger partial charge in [-0.2, -0.15) is 0 Å². The molecule has 0 aliphatic carbocycles. The summed E-state index contributed by atoms with van der Waals surface area (Å²) in [5, 5.41) is 3.64. The summed E-state index contributed by atoms with van der Waals surface area (Å²) in [6.07, 6.45) is 1.23. The predicted molar refractivity (Wildman–Crippen MR) is 118 cm³/mol. The Balaban J connectivity index is 1.58. The lowest BCUT2D eigenvalue weighted by molar-refractivity contribution is -0.126. The third-order valence-corrected chi connectivity index (χ3v) is 5.70. The summed E-state index contributed by atoms with van der Waals surface area (Å²) in [4.78, 5) is 27.3. The maximum atomic E-state index is 13.0. The third-order valence-electron chi connectivity index (χ3n) is 5.44. The van der Waals surface area contributed by atoms with E-state index < -0.39 is 0 Å². The Kier molecular flexibility index (Phi) is 7.63. The van der Waals surface area contributed by atoms with E-state index in [1.807, 2.05) is 12.1 Å². The van der Waals surface area contributed by atoms with Crippen molar-refractivity contribution in [2.45, 2.75) is 19.4 Å². The highest BCUT2D eigenvalue weighted by atomic mass is 35.5. The van der Waals surface area contributed by atoms with E-state index in [4.69, 9.17) is 25.8 Å². The summed E-state index contributed by atoms with van der Waals surface area (Å²) in [6, 6.07) is 10.7. The predicted octanol–water partition coefficient (Wildman–Crippen LogP) is 3.53. The molecule has 2 aromatic rings. The number of carbonyl (C=O) groups is 2. The molecular formula is C23H27ClN2O5. The average Bonchev–Trinajstić information content (AvgIpc) is 2.82. The van der Waals surface area contributed by atoms with Crippen LogP contribution < -0.4 is 19.5 Å². The van der Waals surface area contributed by atoms with Gasteiger partial charge in [-0.05, 0) is 42.7 Å². The summed E-state index contributed by atoms with van der Waals surface area (Å²) >= 11 is 5.89. The fraction of sp³-hybridized carbons (Fsp3) is 0.391. The van der Waals surface area contributed by atoms with Crippen LogP contribution in [0.5, 0.6) is 17.2 Å². The molecule has 0 unspecified atom stereocenters. The van der Waals surface area contributed by atoms with E-state index >= 15 is 0 Å². The number of nitrogens with one attached hydrogen (secondary N) is 1. The van der Waals surface area contributed by atoms with Gasteiger partial charge in [-0.15, -0.1) is 0 Å². The summed E-state index contributed by atoms with van der Waals surface area (Å²) in [6.45, 7) is 1.48. The van der Waals surface area contributed by atoms with Crippen molar-refractivity contribution in [2.24, 2.45) is 5.92 Å². The minimum Gasteiger partial charge on any atom is -0.493 e. The zero-order chi connectivity index (χ0) is 22.4. The number of hydrogen-bond donors (Lipinski definition) is 1. The van der Waals surface area contributed by atoms with Crippen molar-refractivity contribution in [3.8, 4) is 17.2 Å². The van der Waals surface area contributed by atoms with E-state index in [9.17, 15) is 9.59 Å². The molecule has 1 aliphatic heterocycles. The lowest BCUT2D eigenvalue weighted by Gasteiger charge is -2.31. The number of amides is 2. The van der Waals surface area contributed by atoms with Gasteiger partial charge in [-0.3, -0.25) is 9.59 Å². The number of methoxy groups -OCH3 is 3. The van der Waals surface area contributed by atoms with Crippen LogP contribution in [-0.2, 0) is 11.3 Å². The van der Waals surface area contributed by atoms with Crippen molar-refractivity contribution in [3.63, 3.8) is 0 Å². The van der Waals surface area contributed by atoms with Crippen molar-refractivity contribution >= 4 is 23.4 Å². The number of piperidine rings is 1. The molecule has 1 saturated heterocycles. The molecule has 166 valence electrons. The van der Waals surface area contributed by atoms with E-state index in [0.29, 0.717) is 60.3 Å². The Hall–Kier alpha value is -2.93. The number of carbonyl (C=O) groups excluding carboxylic acids is 2. The average molecular weight is 447 g/mol. The van der Waals surface area contributed by atoms with Crippen molar-refractivity contribution in [2.75, 3.05) is 34.4 Å². The fourth-order valence-corrected chi connectivity index (χ4v) is 3.79. The molecule has 1 aliphatic rings. The molecule has 1 fully saturated rings. The van der Waals surface area contributed by atoms with Gasteiger partial charge >= 0.3 is 0 Å². The van der Waals surface area contributed by atoms with Crippen LogP contribution >= 0.6 is 11.6 Å². The van der Waals surface area contributed by atoms with Gasteiger partial charge in [0.1, 0.15) is 0 Å². The van der Waals surface area contributed by atoms with Crippen molar-refractivity contribution < 1.29 is 23.8 Å². The topological polar surface area (TPSA) is 77.1 Å². The minimum absolute atomic E-state index is 0.00911. The summed E-state index contributed by atoms with van der Waals surface area (Å²) in [7, 11) is 4.55. The molecule has 7 nitrogen and oxygen atoms in total. The molecule has 0 aromatic heterocycles. The molecule has 3 rings (SSSR count). The quantitative estimate of drug-likeness (QED) is 0.704. The van der Waals surface area contributed by atoms with Crippen molar-refractivity contribution in [3.05, 3.63) is 52.5 Å². The second-order valence-electron chi connectivity index (χ2n) is 7.32. The van der Waals surface area contributed by atoms with Crippen molar-refractivity contribution in [1.29, 1.82) is 0 Å². The van der Waals surface area contributed by atoms with Gasteiger partial charge in [0.25, 0.3) is 5.91 Å². The van der Waals surface area contributed by atoms with E-state index in [1.54, 1.807) is 29.2 Å². The maximum Gasteiger partial charge on any atom is 0.254 e. The van der Waals surface area contributed by atoms with E-state index in [-0.39, 0.29) is 17.7 Å². The van der Waals surface area contributed by atoms with Crippen LogP contribution in [0.25, 0.3) is 0 Å². The summed E-state index contributed by atoms with van der Waals surface area (Å²) < 4.78 is 16.0. The Bertz CT molecular complexity index is 899. The van der Waals surface area contributed by atoms with Gasteiger partial charge in [-0.25, -0.2) is 0 Å². The molecule has 0 bridgehead atoms. The summed E-state index contributed by atoms with van der Waals surface area (Å²) in [5.74, 6) is 1.08. The van der Waals surface area contributed by atoms with Crippen LogP contribution in [-0.4, -0.2) is 51.1 Å². The molecule has 1 N–H and O–H groups in total. The number of likely N-dealkylation sites (tertiary alicyclic amines) is 1. The Labute approximate surface area is 187 Å². The van der Waals surface area contributed by atoms with Crippen LogP contribution in [0.2, 0.25) is 5.02 Å². The SMILES string of the molecule is COc1cc(C(=O)N2CCC(C(=O)NCc3ccc(Cl)cc3)CC2)cc(OC)c1OC. The normalized spacial score (nSPS) is 14.1. The molecule has 0 saturated carbocycles. The Morgan fingerprint density at radius 3 is 2.10 bits per heavy atom. The largest absolute Gasteiger partial charge is 0.493 e. The number of hydrogen-bond acceptors (Lipinski definition) is 5. The standard InChI is InChI=1S/C23H27ClN2O5/c1-29-19-12-17(13-20(30-2)21(19)31-3)23(28)26-10-8-16(9-11-26)22(27)25-14-15-4-6-18(24)7-5-15/h4-7,12-13,16H,8-11,14H2,1-3H3,(H,25,27). The van der Waals surface area contributed by atoms with Gasteiger partial charge in [0.15, 0.2) is 11.5 Å². The first-order valence-corrected chi connectivity index (χ1v) is 10.5. The van der Waals surface area contributed by atoms with Gasteiger partial charge in [-0.1, -0.05) is 23.7 Å².